The average molecular weight is 837 g/mol. The highest BCUT2D eigenvalue weighted by Crippen LogP contribution is 2.14. The number of rotatable bonds is 44. The number of ether oxygens (including phenoxy) is 3. The number of allylic oxidation sites excluding steroid dienone is 12. The molecular weight excluding hydrogens is 745 g/mol. The third kappa shape index (κ3) is 45.9. The van der Waals surface area contributed by atoms with Crippen LogP contribution in [0.2, 0.25) is 0 Å². The van der Waals surface area contributed by atoms with E-state index in [0.717, 1.165) is 96.3 Å². The van der Waals surface area contributed by atoms with E-state index in [9.17, 15) is 14.4 Å². The van der Waals surface area contributed by atoms with Gasteiger partial charge in [-0.05, 0) is 89.9 Å². The van der Waals surface area contributed by atoms with Crippen LogP contribution in [0.5, 0.6) is 0 Å². The molecule has 0 fully saturated rings. The summed E-state index contributed by atoms with van der Waals surface area (Å²) in [5.74, 6) is -0.936. The van der Waals surface area contributed by atoms with Crippen LogP contribution in [0.4, 0.5) is 0 Å². The Morgan fingerprint density at radius 2 is 0.650 bits per heavy atom. The van der Waals surface area contributed by atoms with Crippen molar-refractivity contribution in [2.75, 3.05) is 13.2 Å². The molecule has 0 aromatic heterocycles. The van der Waals surface area contributed by atoms with Gasteiger partial charge in [-0.1, -0.05) is 196 Å². The highest BCUT2D eigenvalue weighted by molar-refractivity contribution is 5.71. The average Bonchev–Trinajstić information content (AvgIpc) is 3.24. The third-order valence-electron chi connectivity index (χ3n) is 10.4. The van der Waals surface area contributed by atoms with Gasteiger partial charge in [0.05, 0.1) is 0 Å². The van der Waals surface area contributed by atoms with E-state index in [2.05, 4.69) is 93.7 Å². The molecule has 0 aliphatic rings. The standard InChI is InChI=1S/C54H92O6/c1-4-7-10-13-16-18-20-22-24-26-27-29-30-32-34-36-38-41-44-47-53(56)59-50-51(49-58-52(55)46-43-40-15-12-9-6-3)60-54(57)48-45-42-39-37-35-33-31-28-25-23-21-19-17-14-11-8-5-2/h7,10,16,18,22-25,27,29,32,34,51H,4-6,8-9,11-15,17,19-21,26,28,30-31,33,35-50H2,1-3H3/b10-7-,18-16-,24-22-,25-23-,29-27-,34-32-. The van der Waals surface area contributed by atoms with Crippen LogP contribution in [0.25, 0.3) is 0 Å². The summed E-state index contributed by atoms with van der Waals surface area (Å²) in [7, 11) is 0. The van der Waals surface area contributed by atoms with Gasteiger partial charge in [-0.15, -0.1) is 0 Å². The number of unbranched alkanes of at least 4 members (excludes halogenated alkanes) is 21. The second-order valence-electron chi connectivity index (χ2n) is 16.3. The second-order valence-corrected chi connectivity index (χ2v) is 16.3. The summed E-state index contributed by atoms with van der Waals surface area (Å²) in [5.41, 5.74) is 0. The van der Waals surface area contributed by atoms with Gasteiger partial charge in [-0.25, -0.2) is 0 Å². The largest absolute Gasteiger partial charge is 0.462 e. The SMILES string of the molecule is CC/C=C\C/C=C\C/C=C\C/C=C\C/C=C\CCCCCC(=O)OCC(COC(=O)CCCCCCCC)OC(=O)CCCCCCCCC/C=C\CCCCCCCC. The minimum Gasteiger partial charge on any atom is -0.462 e. The van der Waals surface area contributed by atoms with E-state index in [1.165, 1.54) is 96.3 Å². The lowest BCUT2D eigenvalue weighted by Gasteiger charge is -2.18. The van der Waals surface area contributed by atoms with E-state index >= 15 is 0 Å². The van der Waals surface area contributed by atoms with Crippen LogP contribution >= 0.6 is 0 Å². The second kappa shape index (κ2) is 48.5. The predicted octanol–water partition coefficient (Wildman–Crippen LogP) is 16.3. The summed E-state index contributed by atoms with van der Waals surface area (Å²) in [6.07, 6.45) is 60.5. The van der Waals surface area contributed by atoms with E-state index < -0.39 is 6.10 Å². The number of hydrogen-bond donors (Lipinski definition) is 0. The summed E-state index contributed by atoms with van der Waals surface area (Å²) in [5, 5.41) is 0. The van der Waals surface area contributed by atoms with Crippen LogP contribution in [0.15, 0.2) is 72.9 Å². The van der Waals surface area contributed by atoms with Gasteiger partial charge in [0.2, 0.25) is 0 Å². The Labute approximate surface area is 370 Å². The molecule has 1 atom stereocenters. The summed E-state index contributed by atoms with van der Waals surface area (Å²) >= 11 is 0. The van der Waals surface area contributed by atoms with Crippen LogP contribution in [0.3, 0.4) is 0 Å². The van der Waals surface area contributed by atoms with Crippen LogP contribution in [0.1, 0.15) is 233 Å². The molecule has 0 aromatic rings. The molecule has 0 radical (unpaired) electrons. The molecule has 0 saturated carbocycles. The lowest BCUT2D eigenvalue weighted by atomic mass is 10.1. The Morgan fingerprint density at radius 1 is 0.350 bits per heavy atom. The predicted molar refractivity (Wildman–Crippen MR) is 256 cm³/mol. The molecule has 6 nitrogen and oxygen atoms in total. The van der Waals surface area contributed by atoms with Crippen molar-refractivity contribution in [2.45, 2.75) is 239 Å². The molecule has 0 aromatic carbocycles. The Morgan fingerprint density at radius 3 is 1.05 bits per heavy atom. The minimum atomic E-state index is -0.787. The Balaban J connectivity index is 4.30. The molecule has 0 rings (SSSR count). The fourth-order valence-electron chi connectivity index (χ4n) is 6.70. The van der Waals surface area contributed by atoms with Crippen molar-refractivity contribution in [2.24, 2.45) is 0 Å². The molecule has 6 heteroatoms. The Bertz CT molecular complexity index is 1140. The maximum atomic E-state index is 12.7. The quantitative estimate of drug-likeness (QED) is 0.0263. The van der Waals surface area contributed by atoms with E-state index in [-0.39, 0.29) is 31.1 Å². The van der Waals surface area contributed by atoms with Crippen LogP contribution in [-0.2, 0) is 28.6 Å². The molecule has 1 unspecified atom stereocenters. The van der Waals surface area contributed by atoms with E-state index in [4.69, 9.17) is 14.2 Å². The zero-order valence-corrected chi connectivity index (χ0v) is 39.2. The smallest absolute Gasteiger partial charge is 0.306 e. The number of hydrogen-bond acceptors (Lipinski definition) is 6. The zero-order valence-electron chi connectivity index (χ0n) is 39.2. The minimum absolute atomic E-state index is 0.0881. The highest BCUT2D eigenvalue weighted by atomic mass is 16.6. The first kappa shape index (κ1) is 56.9. The summed E-state index contributed by atoms with van der Waals surface area (Å²) < 4.78 is 16.7. The molecule has 0 spiro atoms. The molecule has 0 heterocycles. The molecule has 0 amide bonds. The molecule has 0 N–H and O–H groups in total. The van der Waals surface area contributed by atoms with E-state index in [1.807, 2.05) is 0 Å². The van der Waals surface area contributed by atoms with Gasteiger partial charge in [-0.3, -0.25) is 14.4 Å². The lowest BCUT2D eigenvalue weighted by Crippen LogP contribution is -2.30. The normalized spacial score (nSPS) is 12.7. The highest BCUT2D eigenvalue weighted by Gasteiger charge is 2.19. The first-order valence-corrected chi connectivity index (χ1v) is 24.9. The van der Waals surface area contributed by atoms with Gasteiger partial charge in [-0.2, -0.15) is 0 Å². The molecule has 0 aliphatic heterocycles. The van der Waals surface area contributed by atoms with Crippen LogP contribution in [0, 0.1) is 0 Å². The molecule has 0 aliphatic carbocycles. The monoisotopic (exact) mass is 837 g/mol. The zero-order chi connectivity index (χ0) is 43.7. The maximum absolute atomic E-state index is 12.7. The van der Waals surface area contributed by atoms with Crippen molar-refractivity contribution in [1.82, 2.24) is 0 Å². The van der Waals surface area contributed by atoms with Gasteiger partial charge in [0.1, 0.15) is 13.2 Å². The van der Waals surface area contributed by atoms with Gasteiger partial charge in [0, 0.05) is 19.3 Å². The lowest BCUT2D eigenvalue weighted by molar-refractivity contribution is -0.167. The van der Waals surface area contributed by atoms with Crippen molar-refractivity contribution >= 4 is 17.9 Å². The van der Waals surface area contributed by atoms with Gasteiger partial charge >= 0.3 is 17.9 Å². The van der Waals surface area contributed by atoms with Gasteiger partial charge in [0.15, 0.2) is 6.10 Å². The number of esters is 3. The Kier molecular flexibility index (Phi) is 46.0. The fourth-order valence-corrected chi connectivity index (χ4v) is 6.70. The molecular formula is C54H92O6. The summed E-state index contributed by atoms with van der Waals surface area (Å²) in [6.45, 7) is 6.42. The topological polar surface area (TPSA) is 78.9 Å². The van der Waals surface area contributed by atoms with Gasteiger partial charge in [0.25, 0.3) is 0 Å². The third-order valence-corrected chi connectivity index (χ3v) is 10.4. The summed E-state index contributed by atoms with van der Waals surface area (Å²) in [6, 6.07) is 0. The molecule has 0 bridgehead atoms. The molecule has 344 valence electrons. The van der Waals surface area contributed by atoms with Crippen LogP contribution in [-0.4, -0.2) is 37.2 Å². The van der Waals surface area contributed by atoms with Crippen molar-refractivity contribution in [3.63, 3.8) is 0 Å². The van der Waals surface area contributed by atoms with Crippen molar-refractivity contribution in [1.29, 1.82) is 0 Å². The maximum Gasteiger partial charge on any atom is 0.306 e. The number of carbonyl (C=O) groups is 3. The van der Waals surface area contributed by atoms with E-state index in [0.29, 0.717) is 19.3 Å². The van der Waals surface area contributed by atoms with Crippen molar-refractivity contribution < 1.29 is 28.6 Å². The Hall–Kier alpha value is -3.15. The first-order chi connectivity index (χ1) is 29.5. The van der Waals surface area contributed by atoms with Crippen LogP contribution < -0.4 is 0 Å². The van der Waals surface area contributed by atoms with Gasteiger partial charge < -0.3 is 14.2 Å². The first-order valence-electron chi connectivity index (χ1n) is 24.9. The van der Waals surface area contributed by atoms with Crippen molar-refractivity contribution in [3.8, 4) is 0 Å². The molecule has 0 saturated heterocycles. The summed E-state index contributed by atoms with van der Waals surface area (Å²) in [4.78, 5) is 37.7. The molecule has 60 heavy (non-hydrogen) atoms. The number of carbonyl (C=O) groups excluding carboxylic acids is 3. The fraction of sp³-hybridized carbons (Fsp3) is 0.722. The van der Waals surface area contributed by atoms with Crippen molar-refractivity contribution in [3.05, 3.63) is 72.9 Å². The van der Waals surface area contributed by atoms with E-state index in [1.54, 1.807) is 0 Å².